The molecule has 0 saturated heterocycles. The first-order valence-corrected chi connectivity index (χ1v) is 6.46. The van der Waals surface area contributed by atoms with E-state index in [1.807, 2.05) is 0 Å². The van der Waals surface area contributed by atoms with E-state index >= 15 is 0 Å². The number of rotatable bonds is 3. The van der Waals surface area contributed by atoms with E-state index in [0.717, 1.165) is 11.3 Å². The Labute approximate surface area is 87.8 Å². The fourth-order valence-electron chi connectivity index (χ4n) is 0.909. The van der Waals surface area contributed by atoms with Gasteiger partial charge >= 0.3 is 0 Å². The van der Waals surface area contributed by atoms with E-state index in [4.69, 9.17) is 0 Å². The molecule has 0 atom stereocenters. The Balaban J connectivity index is 3.24. The molecule has 1 N–H and O–H groups in total. The topological polar surface area (TPSA) is 57.6 Å². The third-order valence-corrected chi connectivity index (χ3v) is 5.54. The lowest BCUT2D eigenvalue weighted by Gasteiger charge is -2.13. The summed E-state index contributed by atoms with van der Waals surface area (Å²) in [6.45, 7) is 3.81. The Hall–Kier alpha value is -0.590. The van der Waals surface area contributed by atoms with Gasteiger partial charge < -0.3 is 5.11 Å². The number of thiophene rings is 1. The van der Waals surface area contributed by atoms with Crippen molar-refractivity contribution in [3.05, 3.63) is 10.9 Å². The molecule has 0 saturated carbocycles. The number of nitrogens with zero attached hydrogens (tertiary/aromatic N) is 1. The summed E-state index contributed by atoms with van der Waals surface area (Å²) in [6, 6.07) is 0. The van der Waals surface area contributed by atoms with Crippen LogP contribution in [0.25, 0.3) is 0 Å². The minimum atomic E-state index is -3.50. The quantitative estimate of drug-likeness (QED) is 0.861. The normalized spacial score (nSPS) is 12.3. The fourth-order valence-corrected chi connectivity index (χ4v) is 3.62. The number of aromatic hydroxyl groups is 1. The molecule has 0 bridgehead atoms. The van der Waals surface area contributed by atoms with Crippen LogP contribution < -0.4 is 0 Å². The van der Waals surface area contributed by atoms with Crippen molar-refractivity contribution in [3.8, 4) is 5.75 Å². The molecule has 0 aromatic carbocycles. The van der Waals surface area contributed by atoms with Gasteiger partial charge in [-0.15, -0.1) is 11.3 Å². The van der Waals surface area contributed by atoms with Crippen LogP contribution >= 0.6 is 11.3 Å². The van der Waals surface area contributed by atoms with Gasteiger partial charge in [-0.3, -0.25) is 0 Å². The molecular weight excluding hydrogens is 222 g/mol. The van der Waals surface area contributed by atoms with Gasteiger partial charge in [0.2, 0.25) is 0 Å². The Kier molecular flexibility index (Phi) is 3.18. The minimum Gasteiger partial charge on any atom is -0.505 e. The maximum absolute atomic E-state index is 11.8. The van der Waals surface area contributed by atoms with Crippen molar-refractivity contribution in [1.82, 2.24) is 4.31 Å². The van der Waals surface area contributed by atoms with Crippen LogP contribution in [0.4, 0.5) is 0 Å². The lowest BCUT2D eigenvalue weighted by atomic mass is 10.4. The Morgan fingerprint density at radius 3 is 2.50 bits per heavy atom. The van der Waals surface area contributed by atoms with E-state index < -0.39 is 10.0 Å². The van der Waals surface area contributed by atoms with E-state index in [0.29, 0.717) is 12.1 Å². The lowest BCUT2D eigenvalue weighted by Crippen LogP contribution is -2.25. The van der Waals surface area contributed by atoms with Crippen LogP contribution in [0.15, 0.2) is 9.59 Å². The average molecular weight is 235 g/mol. The van der Waals surface area contributed by atoms with Gasteiger partial charge in [0.15, 0.2) is 4.21 Å². The first-order chi connectivity index (χ1) is 6.41. The van der Waals surface area contributed by atoms with Crippen LogP contribution in [-0.2, 0) is 10.0 Å². The molecule has 1 heterocycles. The lowest BCUT2D eigenvalue weighted by molar-refractivity contribution is 0.449. The third kappa shape index (κ3) is 1.77. The number of aryl methyl sites for hydroxylation is 1. The fraction of sp³-hybridized carbons (Fsp3) is 0.500. The molecule has 0 aliphatic rings. The zero-order valence-corrected chi connectivity index (χ0v) is 9.94. The summed E-state index contributed by atoms with van der Waals surface area (Å²) in [5.41, 5.74) is 0.595. The number of sulfonamides is 1. The van der Waals surface area contributed by atoms with Crippen molar-refractivity contribution in [2.45, 2.75) is 18.1 Å². The summed E-state index contributed by atoms with van der Waals surface area (Å²) in [5.74, 6) is -0.129. The standard InChI is InChI=1S/C8H13NO3S2/c1-4-9(3)14(11,12)8-7(10)6(2)5-13-8/h5,10H,4H2,1-3H3. The van der Waals surface area contributed by atoms with Crippen molar-refractivity contribution in [3.63, 3.8) is 0 Å². The van der Waals surface area contributed by atoms with Crippen LogP contribution in [0.3, 0.4) is 0 Å². The van der Waals surface area contributed by atoms with Gasteiger partial charge in [0.05, 0.1) is 0 Å². The molecule has 1 rings (SSSR count). The largest absolute Gasteiger partial charge is 0.505 e. The molecule has 0 amide bonds. The second-order valence-electron chi connectivity index (χ2n) is 2.97. The van der Waals surface area contributed by atoms with Crippen LogP contribution in [0.1, 0.15) is 12.5 Å². The SMILES string of the molecule is CCN(C)S(=O)(=O)c1scc(C)c1O. The maximum Gasteiger partial charge on any atom is 0.256 e. The highest BCUT2D eigenvalue weighted by Crippen LogP contribution is 2.34. The van der Waals surface area contributed by atoms with Gasteiger partial charge in [-0.2, -0.15) is 0 Å². The molecular formula is C8H13NO3S2. The molecule has 4 nitrogen and oxygen atoms in total. The summed E-state index contributed by atoms with van der Waals surface area (Å²) in [5, 5.41) is 11.2. The van der Waals surface area contributed by atoms with Crippen LogP contribution in [0.2, 0.25) is 0 Å². The zero-order chi connectivity index (χ0) is 10.9. The Morgan fingerprint density at radius 1 is 1.57 bits per heavy atom. The highest BCUT2D eigenvalue weighted by atomic mass is 32.2. The van der Waals surface area contributed by atoms with Gasteiger partial charge in [0.1, 0.15) is 5.75 Å². The minimum absolute atomic E-state index is 0.0272. The van der Waals surface area contributed by atoms with Gasteiger partial charge in [-0.1, -0.05) is 6.92 Å². The van der Waals surface area contributed by atoms with E-state index in [-0.39, 0.29) is 9.96 Å². The van der Waals surface area contributed by atoms with Gasteiger partial charge in [-0.05, 0) is 12.3 Å². The second kappa shape index (κ2) is 3.88. The predicted molar refractivity (Wildman–Crippen MR) is 56.2 cm³/mol. The van der Waals surface area contributed by atoms with E-state index in [1.54, 1.807) is 19.2 Å². The van der Waals surface area contributed by atoms with Crippen molar-refractivity contribution in [2.24, 2.45) is 0 Å². The summed E-state index contributed by atoms with van der Waals surface area (Å²) >= 11 is 1.05. The molecule has 0 aliphatic heterocycles. The van der Waals surface area contributed by atoms with E-state index in [9.17, 15) is 13.5 Å². The van der Waals surface area contributed by atoms with Crippen molar-refractivity contribution < 1.29 is 13.5 Å². The van der Waals surface area contributed by atoms with E-state index in [2.05, 4.69) is 0 Å². The second-order valence-corrected chi connectivity index (χ2v) is 6.09. The van der Waals surface area contributed by atoms with Gasteiger partial charge in [0.25, 0.3) is 10.0 Å². The first-order valence-electron chi connectivity index (χ1n) is 4.14. The molecule has 0 unspecified atom stereocenters. The first kappa shape index (κ1) is 11.5. The van der Waals surface area contributed by atoms with Crippen LogP contribution in [-0.4, -0.2) is 31.4 Å². The molecule has 1 aromatic heterocycles. The van der Waals surface area contributed by atoms with Crippen LogP contribution in [0, 0.1) is 6.92 Å². The van der Waals surface area contributed by atoms with Crippen LogP contribution in [0.5, 0.6) is 5.75 Å². The molecule has 6 heteroatoms. The zero-order valence-electron chi connectivity index (χ0n) is 8.31. The Bertz CT molecular complexity index is 422. The molecule has 0 spiro atoms. The summed E-state index contributed by atoms with van der Waals surface area (Å²) in [6.07, 6.45) is 0. The van der Waals surface area contributed by atoms with Crippen molar-refractivity contribution >= 4 is 21.4 Å². The van der Waals surface area contributed by atoms with Gasteiger partial charge in [-0.25, -0.2) is 12.7 Å². The van der Waals surface area contributed by atoms with Crippen molar-refractivity contribution in [1.29, 1.82) is 0 Å². The Morgan fingerprint density at radius 2 is 2.14 bits per heavy atom. The predicted octanol–water partition coefficient (Wildman–Crippen LogP) is 1.40. The number of hydrogen-bond donors (Lipinski definition) is 1. The average Bonchev–Trinajstić information content (AvgIpc) is 2.46. The maximum atomic E-state index is 11.8. The molecule has 0 aliphatic carbocycles. The van der Waals surface area contributed by atoms with Crippen molar-refractivity contribution in [2.75, 3.05) is 13.6 Å². The van der Waals surface area contributed by atoms with E-state index in [1.165, 1.54) is 11.4 Å². The molecule has 1 aromatic rings. The highest BCUT2D eigenvalue weighted by Gasteiger charge is 2.25. The van der Waals surface area contributed by atoms with Gasteiger partial charge in [0, 0.05) is 19.2 Å². The summed E-state index contributed by atoms with van der Waals surface area (Å²) in [4.78, 5) is 0. The molecule has 0 fully saturated rings. The number of hydrogen-bond acceptors (Lipinski definition) is 4. The summed E-state index contributed by atoms with van der Waals surface area (Å²) in [7, 11) is -2.01. The molecule has 80 valence electrons. The molecule has 14 heavy (non-hydrogen) atoms. The summed E-state index contributed by atoms with van der Waals surface area (Å²) < 4.78 is 24.8. The monoisotopic (exact) mass is 235 g/mol. The highest BCUT2D eigenvalue weighted by molar-refractivity contribution is 7.91. The third-order valence-electron chi connectivity index (χ3n) is 2.00. The smallest absolute Gasteiger partial charge is 0.256 e. The molecule has 0 radical (unpaired) electrons.